The molecule has 0 aromatic carbocycles. The zero-order chi connectivity index (χ0) is 10.7. The topological polar surface area (TPSA) is 29.3 Å². The summed E-state index contributed by atoms with van der Waals surface area (Å²) in [4.78, 5) is 2.74. The Morgan fingerprint density at radius 3 is 2.33 bits per heavy atom. The molecule has 0 spiro atoms. The van der Waals surface area contributed by atoms with Crippen LogP contribution in [0, 0.1) is 0 Å². The van der Waals surface area contributed by atoms with Crippen LogP contribution in [0.4, 0.5) is 0 Å². The van der Waals surface area contributed by atoms with E-state index in [4.69, 9.17) is 5.73 Å². The molecule has 2 atom stereocenters. The maximum absolute atomic E-state index is 6.12. The molecule has 0 aromatic rings. The first-order chi connectivity index (χ1) is 7.29. The van der Waals surface area contributed by atoms with Crippen molar-refractivity contribution < 1.29 is 0 Å². The van der Waals surface area contributed by atoms with E-state index >= 15 is 0 Å². The lowest BCUT2D eigenvalue weighted by Gasteiger charge is -2.44. The van der Waals surface area contributed by atoms with E-state index in [1.807, 2.05) is 0 Å². The van der Waals surface area contributed by atoms with Crippen LogP contribution in [0.15, 0.2) is 0 Å². The average Bonchev–Trinajstić information content (AvgIpc) is 2.30. The highest BCUT2D eigenvalue weighted by Gasteiger charge is 2.31. The summed E-state index contributed by atoms with van der Waals surface area (Å²) in [5, 5.41) is 0. The smallest absolute Gasteiger partial charge is 0.0247 e. The van der Waals surface area contributed by atoms with Gasteiger partial charge in [-0.3, -0.25) is 4.90 Å². The van der Waals surface area contributed by atoms with Crippen LogP contribution in [0.2, 0.25) is 0 Å². The fraction of sp³-hybridized carbons (Fsp3) is 1.00. The second kappa shape index (κ2) is 5.31. The number of nitrogens with two attached hydrogens (primary N) is 1. The van der Waals surface area contributed by atoms with Crippen LogP contribution in [0.25, 0.3) is 0 Å². The van der Waals surface area contributed by atoms with Crippen molar-refractivity contribution in [1.82, 2.24) is 4.90 Å². The van der Waals surface area contributed by atoms with Crippen molar-refractivity contribution in [2.45, 2.75) is 76.4 Å². The standard InChI is InChI=1S/C13H26N2/c1-11(14)13-9-5-6-10-15(13)12-7-3-2-4-8-12/h11-13H,2-10,14H2,1H3. The maximum Gasteiger partial charge on any atom is 0.0247 e. The minimum absolute atomic E-state index is 0.354. The molecule has 0 aromatic heterocycles. The molecule has 15 heavy (non-hydrogen) atoms. The third kappa shape index (κ3) is 2.73. The largest absolute Gasteiger partial charge is 0.327 e. The molecule has 1 aliphatic heterocycles. The molecule has 1 saturated heterocycles. The van der Waals surface area contributed by atoms with Crippen LogP contribution >= 0.6 is 0 Å². The minimum Gasteiger partial charge on any atom is -0.327 e. The first-order valence-corrected chi connectivity index (χ1v) is 6.80. The van der Waals surface area contributed by atoms with E-state index < -0.39 is 0 Å². The Labute approximate surface area is 94.2 Å². The lowest BCUT2D eigenvalue weighted by Crippen LogP contribution is -2.53. The molecule has 0 radical (unpaired) electrons. The zero-order valence-corrected chi connectivity index (χ0v) is 10.1. The van der Waals surface area contributed by atoms with Gasteiger partial charge in [-0.25, -0.2) is 0 Å². The second-order valence-corrected chi connectivity index (χ2v) is 5.45. The highest BCUT2D eigenvalue weighted by Crippen LogP contribution is 2.29. The molecule has 1 aliphatic carbocycles. The van der Waals surface area contributed by atoms with E-state index in [0.717, 1.165) is 6.04 Å². The summed E-state index contributed by atoms with van der Waals surface area (Å²) in [5.74, 6) is 0. The molecule has 2 rings (SSSR count). The molecule has 2 heteroatoms. The zero-order valence-electron chi connectivity index (χ0n) is 10.1. The first kappa shape index (κ1) is 11.4. The van der Waals surface area contributed by atoms with Crippen molar-refractivity contribution in [3.63, 3.8) is 0 Å². The van der Waals surface area contributed by atoms with Crippen molar-refractivity contribution in [3.05, 3.63) is 0 Å². The highest BCUT2D eigenvalue weighted by atomic mass is 15.2. The Morgan fingerprint density at radius 2 is 1.67 bits per heavy atom. The SMILES string of the molecule is CC(N)C1CCCCN1C1CCCCC1. The molecule has 1 saturated carbocycles. The van der Waals surface area contributed by atoms with Gasteiger partial charge in [-0.05, 0) is 39.2 Å². The van der Waals surface area contributed by atoms with Crippen molar-refractivity contribution >= 4 is 0 Å². The molecule has 1 heterocycles. The number of likely N-dealkylation sites (tertiary alicyclic amines) is 1. The molecular formula is C13H26N2. The van der Waals surface area contributed by atoms with Gasteiger partial charge in [0.1, 0.15) is 0 Å². The van der Waals surface area contributed by atoms with Gasteiger partial charge in [0.25, 0.3) is 0 Å². The average molecular weight is 210 g/mol. The fourth-order valence-electron chi connectivity index (χ4n) is 3.41. The summed E-state index contributed by atoms with van der Waals surface area (Å²) in [6, 6.07) is 1.88. The molecular weight excluding hydrogens is 184 g/mol. The number of rotatable bonds is 2. The number of piperidine rings is 1. The fourth-order valence-corrected chi connectivity index (χ4v) is 3.41. The predicted molar refractivity (Wildman–Crippen MR) is 64.9 cm³/mol. The third-order valence-corrected chi connectivity index (χ3v) is 4.24. The molecule has 2 N–H and O–H groups in total. The maximum atomic E-state index is 6.12. The van der Waals surface area contributed by atoms with E-state index in [9.17, 15) is 0 Å². The summed E-state index contributed by atoms with van der Waals surface area (Å²) in [6.07, 6.45) is 11.3. The summed E-state index contributed by atoms with van der Waals surface area (Å²) in [6.45, 7) is 3.49. The Kier molecular flexibility index (Phi) is 4.04. The second-order valence-electron chi connectivity index (χ2n) is 5.45. The van der Waals surface area contributed by atoms with Gasteiger partial charge in [-0.1, -0.05) is 25.7 Å². The minimum atomic E-state index is 0.354. The van der Waals surface area contributed by atoms with Gasteiger partial charge in [-0.2, -0.15) is 0 Å². The van der Waals surface area contributed by atoms with Crippen LogP contribution in [0.1, 0.15) is 58.3 Å². The number of nitrogens with zero attached hydrogens (tertiary/aromatic N) is 1. The molecule has 88 valence electrons. The van der Waals surface area contributed by atoms with E-state index in [-0.39, 0.29) is 0 Å². The van der Waals surface area contributed by atoms with Gasteiger partial charge in [0, 0.05) is 18.1 Å². The third-order valence-electron chi connectivity index (χ3n) is 4.24. The Bertz CT molecular complexity index is 185. The Hall–Kier alpha value is -0.0800. The van der Waals surface area contributed by atoms with Crippen LogP contribution in [-0.2, 0) is 0 Å². The van der Waals surface area contributed by atoms with Gasteiger partial charge >= 0.3 is 0 Å². The first-order valence-electron chi connectivity index (χ1n) is 6.80. The summed E-state index contributed by atoms with van der Waals surface area (Å²) >= 11 is 0. The lowest BCUT2D eigenvalue weighted by molar-refractivity contribution is 0.0616. The van der Waals surface area contributed by atoms with E-state index in [0.29, 0.717) is 12.1 Å². The normalized spacial score (nSPS) is 32.8. The van der Waals surface area contributed by atoms with Gasteiger partial charge in [0.05, 0.1) is 0 Å². The quantitative estimate of drug-likeness (QED) is 0.759. The number of hydrogen-bond acceptors (Lipinski definition) is 2. The van der Waals surface area contributed by atoms with Crippen LogP contribution < -0.4 is 5.73 Å². The van der Waals surface area contributed by atoms with Gasteiger partial charge < -0.3 is 5.73 Å². The predicted octanol–water partition coefficient (Wildman–Crippen LogP) is 2.52. The summed E-state index contributed by atoms with van der Waals surface area (Å²) in [7, 11) is 0. The van der Waals surface area contributed by atoms with Crippen molar-refractivity contribution in [1.29, 1.82) is 0 Å². The van der Waals surface area contributed by atoms with E-state index in [1.54, 1.807) is 0 Å². The summed E-state index contributed by atoms with van der Waals surface area (Å²) in [5.41, 5.74) is 6.12. The van der Waals surface area contributed by atoms with Crippen LogP contribution in [0.3, 0.4) is 0 Å². The molecule has 2 aliphatic rings. The van der Waals surface area contributed by atoms with Gasteiger partial charge in [0.15, 0.2) is 0 Å². The van der Waals surface area contributed by atoms with Gasteiger partial charge in [-0.15, -0.1) is 0 Å². The molecule has 0 amide bonds. The molecule has 2 nitrogen and oxygen atoms in total. The Morgan fingerprint density at radius 1 is 1.00 bits per heavy atom. The lowest BCUT2D eigenvalue weighted by atomic mass is 9.88. The van der Waals surface area contributed by atoms with Crippen molar-refractivity contribution in [2.24, 2.45) is 5.73 Å². The van der Waals surface area contributed by atoms with Crippen LogP contribution in [0.5, 0.6) is 0 Å². The monoisotopic (exact) mass is 210 g/mol. The molecule has 2 unspecified atom stereocenters. The molecule has 0 bridgehead atoms. The van der Waals surface area contributed by atoms with Crippen LogP contribution in [-0.4, -0.2) is 29.6 Å². The van der Waals surface area contributed by atoms with Crippen molar-refractivity contribution in [2.75, 3.05) is 6.54 Å². The van der Waals surface area contributed by atoms with E-state index in [1.165, 1.54) is 57.9 Å². The highest BCUT2D eigenvalue weighted by molar-refractivity contribution is 4.88. The summed E-state index contributed by atoms with van der Waals surface area (Å²) < 4.78 is 0. The number of hydrogen-bond donors (Lipinski definition) is 1. The van der Waals surface area contributed by atoms with Crippen molar-refractivity contribution in [3.8, 4) is 0 Å². The molecule has 2 fully saturated rings. The Balaban J connectivity index is 1.96. The van der Waals surface area contributed by atoms with Gasteiger partial charge in [0.2, 0.25) is 0 Å². The van der Waals surface area contributed by atoms with E-state index in [2.05, 4.69) is 11.8 Å².